The van der Waals surface area contributed by atoms with Gasteiger partial charge in [0.2, 0.25) is 6.08 Å². The minimum absolute atomic E-state index is 0.0438. The number of carbonyl (C=O) groups excluding carboxylic acids is 1. The Bertz CT molecular complexity index is 494. The Hall–Kier alpha value is -2.01. The lowest BCUT2D eigenvalue weighted by atomic mass is 10.1. The molecule has 0 atom stereocenters. The molecule has 104 valence electrons. The summed E-state index contributed by atoms with van der Waals surface area (Å²) in [5.74, 6) is -0.314. The van der Waals surface area contributed by atoms with Gasteiger partial charge in [-0.25, -0.2) is 4.79 Å². The lowest BCUT2D eigenvalue weighted by Crippen LogP contribution is -2.09. The van der Waals surface area contributed by atoms with Crippen LogP contribution in [-0.4, -0.2) is 19.3 Å². The lowest BCUT2D eigenvalue weighted by molar-refractivity contribution is -0.138. The van der Waals surface area contributed by atoms with Crippen molar-refractivity contribution >= 4 is 11.8 Å². The number of isocyanates is 1. The van der Waals surface area contributed by atoms with Gasteiger partial charge in [0.1, 0.15) is 17.2 Å². The first-order valence-electron chi connectivity index (χ1n) is 5.52. The number of alkyl halides is 3. The van der Waals surface area contributed by atoms with Crippen molar-refractivity contribution in [2.45, 2.75) is 20.0 Å². The van der Waals surface area contributed by atoms with Crippen molar-refractivity contribution in [3.05, 3.63) is 17.7 Å². The van der Waals surface area contributed by atoms with Gasteiger partial charge < -0.3 is 9.47 Å². The van der Waals surface area contributed by atoms with Gasteiger partial charge in [-0.15, -0.1) is 0 Å². The molecule has 1 rings (SSSR count). The molecule has 0 spiro atoms. The zero-order chi connectivity index (χ0) is 14.5. The Morgan fingerprint density at radius 2 is 1.74 bits per heavy atom. The molecule has 19 heavy (non-hydrogen) atoms. The van der Waals surface area contributed by atoms with E-state index in [9.17, 15) is 18.0 Å². The van der Waals surface area contributed by atoms with Crippen molar-refractivity contribution in [1.29, 1.82) is 0 Å². The zero-order valence-corrected chi connectivity index (χ0v) is 10.4. The molecular formula is C12H12F3NO3. The average molecular weight is 275 g/mol. The number of rotatable bonds is 5. The third-order valence-electron chi connectivity index (χ3n) is 2.13. The summed E-state index contributed by atoms with van der Waals surface area (Å²) in [6.07, 6.45) is -3.41. The van der Waals surface area contributed by atoms with E-state index in [1.54, 1.807) is 13.8 Å². The predicted octanol–water partition coefficient (Wildman–Crippen LogP) is 3.47. The Labute approximate surface area is 107 Å². The van der Waals surface area contributed by atoms with Crippen LogP contribution in [-0.2, 0) is 11.0 Å². The minimum atomic E-state index is -4.61. The molecule has 0 aliphatic heterocycles. The maximum atomic E-state index is 12.8. The molecule has 0 bridgehead atoms. The van der Waals surface area contributed by atoms with Gasteiger partial charge in [0.25, 0.3) is 0 Å². The molecule has 0 radical (unpaired) electrons. The molecule has 0 aromatic heterocycles. The first kappa shape index (κ1) is 15.0. The molecule has 0 saturated heterocycles. The van der Waals surface area contributed by atoms with Crippen LogP contribution in [0, 0.1) is 0 Å². The predicted molar refractivity (Wildman–Crippen MR) is 61.6 cm³/mol. The summed E-state index contributed by atoms with van der Waals surface area (Å²) in [6.45, 7) is 3.52. The van der Waals surface area contributed by atoms with Gasteiger partial charge in [0, 0.05) is 6.07 Å². The fourth-order valence-corrected chi connectivity index (χ4v) is 1.45. The number of halogens is 3. The van der Waals surface area contributed by atoms with E-state index in [2.05, 4.69) is 4.99 Å². The second-order valence-corrected chi connectivity index (χ2v) is 3.38. The second-order valence-electron chi connectivity index (χ2n) is 3.38. The molecule has 1 aromatic rings. The van der Waals surface area contributed by atoms with E-state index in [0.29, 0.717) is 6.07 Å². The molecule has 1 aromatic carbocycles. The number of aliphatic imine (C=N–C) groups is 1. The number of ether oxygens (including phenoxy) is 2. The lowest BCUT2D eigenvalue weighted by Gasteiger charge is -2.16. The molecule has 0 N–H and O–H groups in total. The highest BCUT2D eigenvalue weighted by molar-refractivity contribution is 5.63. The molecule has 0 amide bonds. The maximum absolute atomic E-state index is 12.8. The van der Waals surface area contributed by atoms with E-state index >= 15 is 0 Å². The van der Waals surface area contributed by atoms with Crippen molar-refractivity contribution < 1.29 is 27.4 Å². The highest BCUT2D eigenvalue weighted by Gasteiger charge is 2.35. The van der Waals surface area contributed by atoms with E-state index in [4.69, 9.17) is 9.47 Å². The number of nitrogens with zero attached hydrogens (tertiary/aromatic N) is 1. The summed E-state index contributed by atoms with van der Waals surface area (Å²) in [5, 5.41) is 0. The molecular weight excluding hydrogens is 263 g/mol. The Balaban J connectivity index is 3.44. The van der Waals surface area contributed by atoms with Crippen LogP contribution in [0.4, 0.5) is 18.9 Å². The first-order valence-corrected chi connectivity index (χ1v) is 5.52. The van der Waals surface area contributed by atoms with Crippen LogP contribution in [0.3, 0.4) is 0 Å². The largest absolute Gasteiger partial charge is 0.493 e. The summed E-state index contributed by atoms with van der Waals surface area (Å²) in [6, 6.07) is 1.78. The monoisotopic (exact) mass is 275 g/mol. The molecule has 4 nitrogen and oxygen atoms in total. The van der Waals surface area contributed by atoms with Gasteiger partial charge in [-0.3, -0.25) is 0 Å². The Morgan fingerprint density at radius 1 is 1.16 bits per heavy atom. The normalized spacial score (nSPS) is 10.8. The van der Waals surface area contributed by atoms with E-state index in [-0.39, 0.29) is 30.4 Å². The van der Waals surface area contributed by atoms with Crippen LogP contribution in [0.25, 0.3) is 0 Å². The Morgan fingerprint density at radius 3 is 2.21 bits per heavy atom. The molecule has 0 heterocycles. The summed E-state index contributed by atoms with van der Waals surface area (Å²) in [4.78, 5) is 13.5. The number of hydrogen-bond acceptors (Lipinski definition) is 4. The van der Waals surface area contributed by atoms with Crippen molar-refractivity contribution in [2.75, 3.05) is 13.2 Å². The van der Waals surface area contributed by atoms with Gasteiger partial charge in [0.05, 0.1) is 18.8 Å². The van der Waals surface area contributed by atoms with Crippen LogP contribution >= 0.6 is 0 Å². The summed E-state index contributed by atoms with van der Waals surface area (Å²) < 4.78 is 48.6. The average Bonchev–Trinajstić information content (AvgIpc) is 2.31. The van der Waals surface area contributed by atoms with Crippen molar-refractivity contribution in [1.82, 2.24) is 0 Å². The molecule has 0 aliphatic carbocycles. The standard InChI is InChI=1S/C12H12F3NO3/c1-3-18-10-6-11(19-4-2)9(16-7-17)5-8(10)12(13,14)15/h5-6H,3-4H2,1-2H3. The maximum Gasteiger partial charge on any atom is 0.420 e. The zero-order valence-electron chi connectivity index (χ0n) is 10.4. The van der Waals surface area contributed by atoms with E-state index < -0.39 is 11.7 Å². The third kappa shape index (κ3) is 3.72. The molecule has 0 aliphatic rings. The van der Waals surface area contributed by atoms with E-state index in [1.807, 2.05) is 0 Å². The Kier molecular flexibility index (Phi) is 4.94. The fraction of sp³-hybridized carbons (Fsp3) is 0.417. The minimum Gasteiger partial charge on any atom is -0.493 e. The van der Waals surface area contributed by atoms with Crippen LogP contribution in [0.5, 0.6) is 11.5 Å². The van der Waals surface area contributed by atoms with Crippen LogP contribution in [0.2, 0.25) is 0 Å². The SMILES string of the molecule is CCOc1cc(OCC)c(C(F)(F)F)cc1N=C=O. The van der Waals surface area contributed by atoms with Crippen LogP contribution < -0.4 is 9.47 Å². The molecule has 0 unspecified atom stereocenters. The third-order valence-corrected chi connectivity index (χ3v) is 2.13. The van der Waals surface area contributed by atoms with Gasteiger partial charge in [0.15, 0.2) is 0 Å². The quantitative estimate of drug-likeness (QED) is 0.610. The van der Waals surface area contributed by atoms with Gasteiger partial charge in [-0.1, -0.05) is 0 Å². The second kappa shape index (κ2) is 6.24. The molecule has 0 saturated carbocycles. The van der Waals surface area contributed by atoms with Crippen LogP contribution in [0.1, 0.15) is 19.4 Å². The van der Waals surface area contributed by atoms with Crippen molar-refractivity contribution in [3.8, 4) is 11.5 Å². The highest BCUT2D eigenvalue weighted by Crippen LogP contribution is 2.43. The van der Waals surface area contributed by atoms with Gasteiger partial charge in [-0.05, 0) is 19.9 Å². The number of hydrogen-bond donors (Lipinski definition) is 0. The molecule has 0 fully saturated rings. The van der Waals surface area contributed by atoms with E-state index in [1.165, 1.54) is 6.08 Å². The smallest absolute Gasteiger partial charge is 0.420 e. The van der Waals surface area contributed by atoms with Gasteiger partial charge >= 0.3 is 6.18 Å². The van der Waals surface area contributed by atoms with Crippen LogP contribution in [0.15, 0.2) is 17.1 Å². The highest BCUT2D eigenvalue weighted by atomic mass is 19.4. The number of benzene rings is 1. The summed E-state index contributed by atoms with van der Waals surface area (Å²) in [5.41, 5.74) is -1.24. The van der Waals surface area contributed by atoms with Gasteiger partial charge in [-0.2, -0.15) is 18.2 Å². The summed E-state index contributed by atoms with van der Waals surface area (Å²) in [7, 11) is 0. The first-order chi connectivity index (χ1) is 8.93. The van der Waals surface area contributed by atoms with Crippen molar-refractivity contribution in [3.63, 3.8) is 0 Å². The molecule has 7 heteroatoms. The topological polar surface area (TPSA) is 47.9 Å². The van der Waals surface area contributed by atoms with Crippen molar-refractivity contribution in [2.24, 2.45) is 4.99 Å². The summed E-state index contributed by atoms with van der Waals surface area (Å²) >= 11 is 0. The fourth-order valence-electron chi connectivity index (χ4n) is 1.45. The van der Waals surface area contributed by atoms with E-state index in [0.717, 1.165) is 6.07 Å².